The lowest BCUT2D eigenvalue weighted by Crippen LogP contribution is -2.36. The van der Waals surface area contributed by atoms with Crippen molar-refractivity contribution in [2.75, 3.05) is 60.7 Å². The van der Waals surface area contributed by atoms with Gasteiger partial charge >= 0.3 is 6.09 Å². The highest BCUT2D eigenvalue weighted by molar-refractivity contribution is 6.10. The van der Waals surface area contributed by atoms with Gasteiger partial charge in [-0.15, -0.1) is 0 Å². The Morgan fingerprint density at radius 2 is 1.44 bits per heavy atom. The predicted molar refractivity (Wildman–Crippen MR) is 156 cm³/mol. The number of ether oxygens (including phenoxy) is 4. The maximum absolute atomic E-state index is 12.5. The minimum atomic E-state index is -0.475. The molecule has 41 heavy (non-hydrogen) atoms. The zero-order valence-corrected chi connectivity index (χ0v) is 23.8. The first-order chi connectivity index (χ1) is 19.8. The smallest absolute Gasteiger partial charge is 0.415 e. The lowest BCUT2D eigenvalue weighted by molar-refractivity contribution is -0.121. The normalized spacial score (nSPS) is 13.5. The number of aliphatic hydroxyl groups is 1. The maximum atomic E-state index is 12.5. The molecular weight excluding hydrogens is 528 g/mol. The standard InChI is InChI=1S/C31H38N2O8/c1-32(16-17-33-14-4-5-15-33)31(37)41-28-13-9-24(21-30(28)39-3)7-11-26(36)22-25(35)10-6-23-8-12-27(40-19-18-34)29(20-23)38-2/h6-13,20-21,34H,4-5,14-19,22H2,1-3H3/b10-6+,11-7+. The van der Waals surface area contributed by atoms with E-state index in [-0.39, 0.29) is 37.0 Å². The Morgan fingerprint density at radius 1 is 0.878 bits per heavy atom. The minimum Gasteiger partial charge on any atom is -0.493 e. The van der Waals surface area contributed by atoms with Crippen LogP contribution in [-0.4, -0.2) is 93.2 Å². The molecule has 220 valence electrons. The van der Waals surface area contributed by atoms with E-state index >= 15 is 0 Å². The monoisotopic (exact) mass is 566 g/mol. The number of amides is 1. The number of likely N-dealkylation sites (tertiary alicyclic amines) is 1. The van der Waals surface area contributed by atoms with Crippen molar-refractivity contribution in [2.24, 2.45) is 0 Å². The molecule has 1 fully saturated rings. The molecule has 1 N–H and O–H groups in total. The van der Waals surface area contributed by atoms with Crippen molar-refractivity contribution in [1.29, 1.82) is 0 Å². The summed E-state index contributed by atoms with van der Waals surface area (Å²) in [6.07, 6.45) is 7.45. The van der Waals surface area contributed by atoms with Crippen LogP contribution in [0.5, 0.6) is 23.0 Å². The highest BCUT2D eigenvalue weighted by Crippen LogP contribution is 2.30. The van der Waals surface area contributed by atoms with Gasteiger partial charge in [-0.1, -0.05) is 24.3 Å². The van der Waals surface area contributed by atoms with Crippen LogP contribution in [0.25, 0.3) is 12.2 Å². The van der Waals surface area contributed by atoms with Crippen LogP contribution in [0.3, 0.4) is 0 Å². The second-order valence-corrected chi connectivity index (χ2v) is 9.51. The van der Waals surface area contributed by atoms with Crippen LogP contribution < -0.4 is 18.9 Å². The molecule has 1 saturated heterocycles. The summed E-state index contributed by atoms with van der Waals surface area (Å²) in [5, 5.41) is 8.92. The molecule has 1 heterocycles. The minimum absolute atomic E-state index is 0.118. The van der Waals surface area contributed by atoms with Crippen molar-refractivity contribution < 1.29 is 38.4 Å². The van der Waals surface area contributed by atoms with E-state index in [2.05, 4.69) is 4.90 Å². The van der Waals surface area contributed by atoms with Crippen LogP contribution >= 0.6 is 0 Å². The van der Waals surface area contributed by atoms with E-state index in [1.165, 1.54) is 44.1 Å². The van der Waals surface area contributed by atoms with Crippen LogP contribution in [0.1, 0.15) is 30.4 Å². The van der Waals surface area contributed by atoms with E-state index in [1.807, 2.05) is 0 Å². The molecule has 0 aromatic heterocycles. The molecule has 0 bridgehead atoms. The number of likely N-dealkylation sites (N-methyl/N-ethyl adjacent to an activating group) is 1. The number of allylic oxidation sites excluding steroid dienone is 2. The van der Waals surface area contributed by atoms with Crippen LogP contribution in [-0.2, 0) is 9.59 Å². The summed E-state index contributed by atoms with van der Waals surface area (Å²) in [6.45, 7) is 3.52. The third-order valence-electron chi connectivity index (χ3n) is 6.46. The van der Waals surface area contributed by atoms with Gasteiger partial charge in [-0.3, -0.25) is 9.59 Å². The van der Waals surface area contributed by atoms with Crippen molar-refractivity contribution in [1.82, 2.24) is 9.80 Å². The molecule has 0 spiro atoms. The molecule has 1 aliphatic rings. The van der Waals surface area contributed by atoms with Gasteiger partial charge in [0.25, 0.3) is 0 Å². The van der Waals surface area contributed by atoms with Gasteiger partial charge in [-0.2, -0.15) is 0 Å². The number of benzene rings is 2. The van der Waals surface area contributed by atoms with Gasteiger partial charge < -0.3 is 33.9 Å². The number of rotatable bonds is 15. The molecule has 0 atom stereocenters. The Labute approximate surface area is 240 Å². The van der Waals surface area contributed by atoms with Crippen LogP contribution in [0.15, 0.2) is 48.6 Å². The van der Waals surface area contributed by atoms with E-state index in [0.717, 1.165) is 19.6 Å². The van der Waals surface area contributed by atoms with Gasteiger partial charge in [0.1, 0.15) is 6.61 Å². The van der Waals surface area contributed by atoms with Gasteiger partial charge in [0.2, 0.25) is 0 Å². The Hall–Kier alpha value is -4.15. The Bertz CT molecular complexity index is 1250. The molecular formula is C31H38N2O8. The predicted octanol–water partition coefficient (Wildman–Crippen LogP) is 3.86. The third kappa shape index (κ3) is 10.1. The first-order valence-electron chi connectivity index (χ1n) is 13.5. The van der Waals surface area contributed by atoms with E-state index in [1.54, 1.807) is 55.6 Å². The summed E-state index contributed by atoms with van der Waals surface area (Å²) < 4.78 is 21.6. The topological polar surface area (TPSA) is 115 Å². The number of nitrogens with zero attached hydrogens (tertiary/aromatic N) is 2. The number of aliphatic hydroxyl groups excluding tert-OH is 1. The molecule has 2 aromatic rings. The van der Waals surface area contributed by atoms with Crippen molar-refractivity contribution in [3.63, 3.8) is 0 Å². The van der Waals surface area contributed by atoms with E-state index in [9.17, 15) is 14.4 Å². The lowest BCUT2D eigenvalue weighted by Gasteiger charge is -2.21. The van der Waals surface area contributed by atoms with Gasteiger partial charge in [0, 0.05) is 20.1 Å². The van der Waals surface area contributed by atoms with Gasteiger partial charge in [-0.05, 0) is 73.5 Å². The van der Waals surface area contributed by atoms with Crippen molar-refractivity contribution in [2.45, 2.75) is 19.3 Å². The summed E-state index contributed by atoms with van der Waals surface area (Å²) in [5.41, 5.74) is 1.34. The first-order valence-corrected chi connectivity index (χ1v) is 13.5. The van der Waals surface area contributed by atoms with Crippen molar-refractivity contribution in [3.05, 3.63) is 59.7 Å². The first kappa shape index (κ1) is 31.4. The molecule has 1 aliphatic heterocycles. The van der Waals surface area contributed by atoms with Crippen LogP contribution in [0.4, 0.5) is 4.79 Å². The Kier molecular flexibility index (Phi) is 12.4. The lowest BCUT2D eigenvalue weighted by atomic mass is 10.1. The molecule has 0 unspecified atom stereocenters. The summed E-state index contributed by atoms with van der Waals surface area (Å²) in [5.74, 6) is 0.857. The summed E-state index contributed by atoms with van der Waals surface area (Å²) in [7, 11) is 4.67. The molecule has 1 amide bonds. The third-order valence-corrected chi connectivity index (χ3v) is 6.46. The molecule has 0 radical (unpaired) electrons. The molecule has 10 nitrogen and oxygen atoms in total. The second-order valence-electron chi connectivity index (χ2n) is 9.51. The SMILES string of the molecule is COc1cc(/C=C/C(=O)CC(=O)/C=C/c2ccc(OC(=O)N(C)CCN3CCCC3)c(OC)c2)ccc1OCCO. The fraction of sp³-hybridized carbons (Fsp3) is 0.387. The number of hydrogen-bond donors (Lipinski definition) is 1. The second kappa shape index (κ2) is 16.2. The molecule has 0 saturated carbocycles. The molecule has 0 aliphatic carbocycles. The number of carbonyl (C=O) groups is 3. The zero-order valence-electron chi connectivity index (χ0n) is 23.8. The zero-order chi connectivity index (χ0) is 29.6. The van der Waals surface area contributed by atoms with Gasteiger partial charge in [0.05, 0.1) is 27.2 Å². The maximum Gasteiger partial charge on any atom is 0.415 e. The summed E-state index contributed by atoms with van der Waals surface area (Å²) in [6, 6.07) is 10.1. The highest BCUT2D eigenvalue weighted by atomic mass is 16.6. The average Bonchev–Trinajstić information content (AvgIpc) is 3.51. The van der Waals surface area contributed by atoms with E-state index in [4.69, 9.17) is 24.1 Å². The summed E-state index contributed by atoms with van der Waals surface area (Å²) >= 11 is 0. The molecule has 2 aromatic carbocycles. The van der Waals surface area contributed by atoms with E-state index < -0.39 is 6.09 Å². The molecule has 10 heteroatoms. The number of methoxy groups -OCH3 is 2. The fourth-order valence-electron chi connectivity index (χ4n) is 4.16. The van der Waals surface area contributed by atoms with E-state index in [0.29, 0.717) is 34.9 Å². The summed E-state index contributed by atoms with van der Waals surface area (Å²) in [4.78, 5) is 41.1. The van der Waals surface area contributed by atoms with Crippen LogP contribution in [0.2, 0.25) is 0 Å². The highest BCUT2D eigenvalue weighted by Gasteiger charge is 2.17. The van der Waals surface area contributed by atoms with Crippen molar-refractivity contribution in [3.8, 4) is 23.0 Å². The number of hydrogen-bond acceptors (Lipinski definition) is 9. The largest absolute Gasteiger partial charge is 0.493 e. The van der Waals surface area contributed by atoms with Gasteiger partial charge in [-0.25, -0.2) is 4.79 Å². The Morgan fingerprint density at radius 3 is 2.00 bits per heavy atom. The Balaban J connectivity index is 1.52. The van der Waals surface area contributed by atoms with Crippen molar-refractivity contribution >= 4 is 29.8 Å². The van der Waals surface area contributed by atoms with Crippen LogP contribution in [0, 0.1) is 0 Å². The average molecular weight is 567 g/mol. The number of ketones is 2. The molecule has 3 rings (SSSR count). The fourth-order valence-corrected chi connectivity index (χ4v) is 4.16. The number of carbonyl (C=O) groups excluding carboxylic acids is 3. The van der Waals surface area contributed by atoms with Gasteiger partial charge in [0.15, 0.2) is 34.6 Å². The quantitative estimate of drug-likeness (QED) is 0.254.